The van der Waals surface area contributed by atoms with Gasteiger partial charge in [0.2, 0.25) is 0 Å². The van der Waals surface area contributed by atoms with Gasteiger partial charge in [-0.2, -0.15) is 0 Å². The van der Waals surface area contributed by atoms with Crippen molar-refractivity contribution in [3.63, 3.8) is 0 Å². The fourth-order valence-electron chi connectivity index (χ4n) is 1.68. The van der Waals surface area contributed by atoms with Crippen LogP contribution in [0.4, 0.5) is 5.69 Å². The number of hydrogen-bond donors (Lipinski definition) is 3. The molecule has 0 aliphatic heterocycles. The number of amides is 1. The lowest BCUT2D eigenvalue weighted by molar-refractivity contribution is 0.103. The highest BCUT2D eigenvalue weighted by atomic mass is 35.5. The number of nitrogens with zero attached hydrogens (tertiary/aromatic N) is 1. The smallest absolute Gasteiger partial charge is 0.266 e. The van der Waals surface area contributed by atoms with E-state index in [0.717, 1.165) is 5.56 Å². The molecule has 0 aliphatic rings. The maximum Gasteiger partial charge on any atom is 0.266 e. The minimum absolute atomic E-state index is 0.0973. The van der Waals surface area contributed by atoms with E-state index >= 15 is 0 Å². The van der Waals surface area contributed by atoms with Crippen molar-refractivity contribution in [1.29, 1.82) is 0 Å². The molecule has 0 spiro atoms. The summed E-state index contributed by atoms with van der Waals surface area (Å²) in [5.41, 5.74) is 7.26. The number of benzene rings is 1. The zero-order valence-corrected chi connectivity index (χ0v) is 12.1. The van der Waals surface area contributed by atoms with Crippen molar-refractivity contribution in [2.24, 2.45) is 10.9 Å². The molecule has 4 N–H and O–H groups in total. The number of rotatable bonds is 3. The van der Waals surface area contributed by atoms with Crippen LogP contribution in [0.1, 0.15) is 20.8 Å². The molecular weight excluding hydrogens is 298 g/mol. The number of halogens is 1. The molecule has 1 aromatic heterocycles. The number of thiophene rings is 1. The van der Waals surface area contributed by atoms with Crippen molar-refractivity contribution < 1.29 is 10.0 Å². The number of anilines is 1. The van der Waals surface area contributed by atoms with Crippen LogP contribution < -0.4 is 11.1 Å². The van der Waals surface area contributed by atoms with Crippen LogP contribution in [0.5, 0.6) is 0 Å². The van der Waals surface area contributed by atoms with Crippen LogP contribution in [0.3, 0.4) is 0 Å². The van der Waals surface area contributed by atoms with Crippen LogP contribution in [0.25, 0.3) is 0 Å². The number of hydrogen-bond acceptors (Lipinski definition) is 4. The Hall–Kier alpha value is -2.05. The van der Waals surface area contributed by atoms with E-state index in [1.165, 1.54) is 11.3 Å². The Morgan fingerprint density at radius 1 is 1.45 bits per heavy atom. The first-order valence-electron chi connectivity index (χ1n) is 5.66. The molecule has 0 unspecified atom stereocenters. The molecular formula is C13H12ClN3O2S. The highest BCUT2D eigenvalue weighted by Crippen LogP contribution is 2.23. The molecule has 7 heteroatoms. The SMILES string of the molecule is Cc1ccsc1C(=O)Nc1cc(Cl)ccc1C(N)=NO. The summed E-state index contributed by atoms with van der Waals surface area (Å²) in [7, 11) is 0. The number of oxime groups is 1. The Morgan fingerprint density at radius 2 is 2.20 bits per heavy atom. The second-order valence-electron chi connectivity index (χ2n) is 4.06. The van der Waals surface area contributed by atoms with Gasteiger partial charge in [-0.25, -0.2) is 0 Å². The van der Waals surface area contributed by atoms with Gasteiger partial charge in [-0.1, -0.05) is 16.8 Å². The van der Waals surface area contributed by atoms with Crippen molar-refractivity contribution >= 4 is 40.4 Å². The van der Waals surface area contributed by atoms with E-state index in [0.29, 0.717) is 21.2 Å². The number of aryl methyl sites for hydroxylation is 1. The van der Waals surface area contributed by atoms with Crippen molar-refractivity contribution in [3.05, 3.63) is 50.7 Å². The minimum Gasteiger partial charge on any atom is -0.409 e. The Bertz CT molecular complexity index is 682. The third-order valence-corrected chi connectivity index (χ3v) is 3.93. The van der Waals surface area contributed by atoms with Crippen molar-refractivity contribution in [2.45, 2.75) is 6.92 Å². The molecule has 0 bridgehead atoms. The van der Waals surface area contributed by atoms with Crippen molar-refractivity contribution in [3.8, 4) is 0 Å². The predicted octanol–water partition coefficient (Wildman–Crippen LogP) is 3.06. The number of carbonyl (C=O) groups is 1. The van der Waals surface area contributed by atoms with Gasteiger partial charge in [0.05, 0.1) is 10.6 Å². The van der Waals surface area contributed by atoms with Gasteiger partial charge in [0.25, 0.3) is 5.91 Å². The Balaban J connectivity index is 2.36. The first-order chi connectivity index (χ1) is 9.52. The Labute approximate surface area is 124 Å². The molecule has 1 amide bonds. The molecule has 1 heterocycles. The maximum atomic E-state index is 12.2. The summed E-state index contributed by atoms with van der Waals surface area (Å²) in [5, 5.41) is 16.7. The number of carbonyl (C=O) groups excluding carboxylic acids is 1. The third-order valence-electron chi connectivity index (χ3n) is 2.68. The molecule has 1 aromatic carbocycles. The molecule has 0 saturated heterocycles. The topological polar surface area (TPSA) is 87.7 Å². The van der Waals surface area contributed by atoms with E-state index in [1.807, 2.05) is 18.4 Å². The molecule has 0 radical (unpaired) electrons. The number of nitrogens with one attached hydrogen (secondary N) is 1. The highest BCUT2D eigenvalue weighted by molar-refractivity contribution is 7.12. The van der Waals surface area contributed by atoms with Crippen LogP contribution in [-0.4, -0.2) is 17.0 Å². The zero-order valence-electron chi connectivity index (χ0n) is 10.6. The maximum absolute atomic E-state index is 12.2. The van der Waals surface area contributed by atoms with E-state index in [4.69, 9.17) is 22.5 Å². The third kappa shape index (κ3) is 2.92. The summed E-state index contributed by atoms with van der Waals surface area (Å²) < 4.78 is 0. The highest BCUT2D eigenvalue weighted by Gasteiger charge is 2.14. The largest absolute Gasteiger partial charge is 0.409 e. The second kappa shape index (κ2) is 5.94. The average Bonchev–Trinajstić information content (AvgIpc) is 2.84. The summed E-state index contributed by atoms with van der Waals surface area (Å²) in [4.78, 5) is 12.8. The summed E-state index contributed by atoms with van der Waals surface area (Å²) in [6.07, 6.45) is 0. The zero-order chi connectivity index (χ0) is 14.7. The summed E-state index contributed by atoms with van der Waals surface area (Å²) in [6.45, 7) is 1.85. The van der Waals surface area contributed by atoms with E-state index in [1.54, 1.807) is 18.2 Å². The van der Waals surface area contributed by atoms with Crippen LogP contribution in [0, 0.1) is 6.92 Å². The lowest BCUT2D eigenvalue weighted by atomic mass is 10.1. The first-order valence-corrected chi connectivity index (χ1v) is 6.91. The van der Waals surface area contributed by atoms with Gasteiger partial charge in [0.15, 0.2) is 5.84 Å². The van der Waals surface area contributed by atoms with Gasteiger partial charge in [-0.05, 0) is 42.1 Å². The monoisotopic (exact) mass is 309 g/mol. The molecule has 104 valence electrons. The molecule has 0 fully saturated rings. The van der Waals surface area contributed by atoms with Gasteiger partial charge in [0.1, 0.15) is 0 Å². The van der Waals surface area contributed by atoms with Gasteiger partial charge >= 0.3 is 0 Å². The normalized spacial score (nSPS) is 11.4. The molecule has 2 aromatic rings. The van der Waals surface area contributed by atoms with Crippen molar-refractivity contribution in [1.82, 2.24) is 0 Å². The Kier molecular flexibility index (Phi) is 4.26. The lowest BCUT2D eigenvalue weighted by Crippen LogP contribution is -2.19. The molecule has 5 nitrogen and oxygen atoms in total. The van der Waals surface area contributed by atoms with E-state index in [2.05, 4.69) is 10.5 Å². The van der Waals surface area contributed by atoms with E-state index in [-0.39, 0.29) is 11.7 Å². The van der Waals surface area contributed by atoms with Crippen LogP contribution in [-0.2, 0) is 0 Å². The molecule has 0 aliphatic carbocycles. The second-order valence-corrected chi connectivity index (χ2v) is 5.41. The summed E-state index contributed by atoms with van der Waals surface area (Å²) in [6, 6.07) is 6.59. The first kappa shape index (κ1) is 14.4. The molecule has 0 saturated carbocycles. The molecule has 0 atom stereocenters. The molecule has 2 rings (SSSR count). The summed E-state index contributed by atoms with van der Waals surface area (Å²) >= 11 is 7.26. The summed E-state index contributed by atoms with van der Waals surface area (Å²) in [5.74, 6) is -0.355. The molecule has 20 heavy (non-hydrogen) atoms. The van der Waals surface area contributed by atoms with Crippen LogP contribution >= 0.6 is 22.9 Å². The van der Waals surface area contributed by atoms with Gasteiger partial charge < -0.3 is 16.3 Å². The quantitative estimate of drug-likeness (QED) is 0.352. The van der Waals surface area contributed by atoms with E-state index < -0.39 is 0 Å². The Morgan fingerprint density at radius 3 is 2.80 bits per heavy atom. The predicted molar refractivity (Wildman–Crippen MR) is 81.0 cm³/mol. The van der Waals surface area contributed by atoms with E-state index in [9.17, 15) is 4.79 Å². The van der Waals surface area contributed by atoms with Crippen molar-refractivity contribution in [2.75, 3.05) is 5.32 Å². The fourth-order valence-corrected chi connectivity index (χ4v) is 2.67. The van der Waals surface area contributed by atoms with Gasteiger partial charge in [-0.3, -0.25) is 4.79 Å². The van der Waals surface area contributed by atoms with Crippen LogP contribution in [0.15, 0.2) is 34.8 Å². The standard InChI is InChI=1S/C13H12ClN3O2S/c1-7-4-5-20-11(7)13(18)16-10-6-8(14)2-3-9(10)12(15)17-19/h2-6,19H,1H3,(H2,15,17)(H,16,18). The minimum atomic E-state index is -0.258. The fraction of sp³-hybridized carbons (Fsp3) is 0.0769. The van der Waals surface area contributed by atoms with Gasteiger partial charge in [-0.15, -0.1) is 11.3 Å². The number of amidine groups is 1. The van der Waals surface area contributed by atoms with Crippen LogP contribution in [0.2, 0.25) is 5.02 Å². The number of nitrogens with two attached hydrogens (primary N) is 1. The average molecular weight is 310 g/mol. The van der Waals surface area contributed by atoms with Gasteiger partial charge in [0, 0.05) is 10.6 Å². The lowest BCUT2D eigenvalue weighted by Gasteiger charge is -2.10.